The van der Waals surface area contributed by atoms with E-state index in [0.717, 1.165) is 12.8 Å². The van der Waals surface area contributed by atoms with E-state index >= 15 is 0 Å². The molecule has 88 valence electrons. The molecule has 0 aromatic carbocycles. The number of nitrogens with zero attached hydrogens (tertiary/aromatic N) is 1. The normalized spacial score (nSPS) is 19.7. The van der Waals surface area contributed by atoms with Crippen LogP contribution < -0.4 is 0 Å². The Bertz CT molecular complexity index is 227. The number of piperidine rings is 1. The molecule has 2 nitrogen and oxygen atoms in total. The Balaban J connectivity index is 2.46. The van der Waals surface area contributed by atoms with Gasteiger partial charge in [-0.2, -0.15) is 8.78 Å². The molecule has 1 rings (SSSR count). The number of halogens is 2. The van der Waals surface area contributed by atoms with Crippen LogP contribution in [0.3, 0.4) is 0 Å². The van der Waals surface area contributed by atoms with E-state index in [9.17, 15) is 13.6 Å². The number of hydrogen-bond donors (Lipinski definition) is 0. The van der Waals surface area contributed by atoms with Gasteiger partial charge in [0.1, 0.15) is 0 Å². The second kappa shape index (κ2) is 4.45. The fraction of sp³-hybridized carbons (Fsp3) is 0.909. The van der Waals surface area contributed by atoms with Crippen molar-refractivity contribution < 1.29 is 13.6 Å². The smallest absolute Gasteiger partial charge is 0.315 e. The van der Waals surface area contributed by atoms with E-state index in [2.05, 4.69) is 20.8 Å². The summed E-state index contributed by atoms with van der Waals surface area (Å²) >= 11 is 0. The Hall–Kier alpha value is -0.670. The molecule has 0 spiro atoms. The SMILES string of the molecule is CC(C)(C)C1CCN(C(=O)C(F)F)CC1. The van der Waals surface area contributed by atoms with Crippen LogP contribution in [-0.4, -0.2) is 30.3 Å². The lowest BCUT2D eigenvalue weighted by molar-refractivity contribution is -0.144. The minimum Gasteiger partial charge on any atom is -0.338 e. The zero-order chi connectivity index (χ0) is 11.6. The zero-order valence-electron chi connectivity index (χ0n) is 9.59. The summed E-state index contributed by atoms with van der Waals surface area (Å²) in [6.07, 6.45) is -1.18. The van der Waals surface area contributed by atoms with E-state index in [0.29, 0.717) is 19.0 Å². The van der Waals surface area contributed by atoms with Crippen LogP contribution in [0.1, 0.15) is 33.6 Å². The van der Waals surface area contributed by atoms with E-state index in [-0.39, 0.29) is 5.41 Å². The molecule has 1 fully saturated rings. The van der Waals surface area contributed by atoms with Gasteiger partial charge in [-0.05, 0) is 24.2 Å². The molecule has 1 aliphatic rings. The first-order valence-corrected chi connectivity index (χ1v) is 5.39. The Labute approximate surface area is 89.6 Å². The van der Waals surface area contributed by atoms with E-state index in [1.165, 1.54) is 4.90 Å². The van der Waals surface area contributed by atoms with Crippen molar-refractivity contribution in [3.8, 4) is 0 Å². The summed E-state index contributed by atoms with van der Waals surface area (Å²) in [5, 5.41) is 0. The Morgan fingerprint density at radius 1 is 1.27 bits per heavy atom. The maximum absolute atomic E-state index is 12.2. The maximum Gasteiger partial charge on any atom is 0.315 e. The standard InChI is InChI=1S/C11H19F2NO/c1-11(2,3)8-4-6-14(7-5-8)10(15)9(12)13/h8-9H,4-7H2,1-3H3. The van der Waals surface area contributed by atoms with Gasteiger partial charge in [-0.15, -0.1) is 0 Å². The molecule has 4 heteroatoms. The third kappa shape index (κ3) is 3.14. The molecular formula is C11H19F2NO. The number of carbonyl (C=O) groups excluding carboxylic acids is 1. The van der Waals surface area contributed by atoms with E-state index in [1.807, 2.05) is 0 Å². The Kier molecular flexibility index (Phi) is 3.68. The van der Waals surface area contributed by atoms with Gasteiger partial charge in [-0.3, -0.25) is 4.79 Å². The van der Waals surface area contributed by atoms with Crippen LogP contribution in [0.4, 0.5) is 8.78 Å². The first-order valence-electron chi connectivity index (χ1n) is 5.39. The van der Waals surface area contributed by atoms with Gasteiger partial charge in [-0.1, -0.05) is 20.8 Å². The van der Waals surface area contributed by atoms with Gasteiger partial charge in [0.2, 0.25) is 0 Å². The second-order valence-electron chi connectivity index (χ2n) is 5.27. The van der Waals surface area contributed by atoms with Crippen molar-refractivity contribution in [2.75, 3.05) is 13.1 Å². The maximum atomic E-state index is 12.2. The average molecular weight is 219 g/mol. The number of alkyl halides is 2. The lowest BCUT2D eigenvalue weighted by Crippen LogP contribution is -2.43. The summed E-state index contributed by atoms with van der Waals surface area (Å²) in [4.78, 5) is 12.3. The highest BCUT2D eigenvalue weighted by Gasteiger charge is 2.32. The third-order valence-corrected chi connectivity index (χ3v) is 3.22. The highest BCUT2D eigenvalue weighted by Crippen LogP contribution is 2.34. The molecule has 1 saturated heterocycles. The van der Waals surface area contributed by atoms with Crippen LogP contribution in [0.2, 0.25) is 0 Å². The molecular weight excluding hydrogens is 200 g/mol. The molecule has 1 amide bonds. The number of likely N-dealkylation sites (tertiary alicyclic amines) is 1. The highest BCUT2D eigenvalue weighted by atomic mass is 19.3. The number of amides is 1. The van der Waals surface area contributed by atoms with Crippen LogP contribution in [0.15, 0.2) is 0 Å². The van der Waals surface area contributed by atoms with E-state index < -0.39 is 12.3 Å². The van der Waals surface area contributed by atoms with Crippen molar-refractivity contribution in [1.82, 2.24) is 4.90 Å². The van der Waals surface area contributed by atoms with Gasteiger partial charge in [0.25, 0.3) is 5.91 Å². The van der Waals surface area contributed by atoms with Gasteiger partial charge in [0.05, 0.1) is 0 Å². The van der Waals surface area contributed by atoms with Gasteiger partial charge >= 0.3 is 6.43 Å². The van der Waals surface area contributed by atoms with Crippen molar-refractivity contribution in [3.63, 3.8) is 0 Å². The van der Waals surface area contributed by atoms with Crippen molar-refractivity contribution in [2.45, 2.75) is 40.0 Å². The average Bonchev–Trinajstić information content (AvgIpc) is 2.15. The molecule has 15 heavy (non-hydrogen) atoms. The Morgan fingerprint density at radius 2 is 1.73 bits per heavy atom. The monoisotopic (exact) mass is 219 g/mol. The third-order valence-electron chi connectivity index (χ3n) is 3.22. The highest BCUT2D eigenvalue weighted by molar-refractivity contribution is 5.79. The molecule has 1 heterocycles. The minimum absolute atomic E-state index is 0.208. The van der Waals surface area contributed by atoms with Gasteiger partial charge in [0, 0.05) is 13.1 Å². The summed E-state index contributed by atoms with van der Waals surface area (Å²) in [7, 11) is 0. The number of rotatable bonds is 1. The predicted octanol–water partition coefficient (Wildman–Crippen LogP) is 2.54. The number of hydrogen-bond acceptors (Lipinski definition) is 1. The van der Waals surface area contributed by atoms with Crippen LogP contribution in [0.5, 0.6) is 0 Å². The van der Waals surface area contributed by atoms with Crippen LogP contribution in [0.25, 0.3) is 0 Å². The largest absolute Gasteiger partial charge is 0.338 e. The molecule has 0 atom stereocenters. The van der Waals surface area contributed by atoms with Gasteiger partial charge in [0.15, 0.2) is 0 Å². The fourth-order valence-corrected chi connectivity index (χ4v) is 2.10. The van der Waals surface area contributed by atoms with Crippen LogP contribution in [0, 0.1) is 11.3 Å². The predicted molar refractivity (Wildman–Crippen MR) is 54.8 cm³/mol. The summed E-state index contributed by atoms with van der Waals surface area (Å²) in [6, 6.07) is 0. The second-order valence-corrected chi connectivity index (χ2v) is 5.27. The molecule has 0 saturated carbocycles. The van der Waals surface area contributed by atoms with Crippen molar-refractivity contribution >= 4 is 5.91 Å². The fourth-order valence-electron chi connectivity index (χ4n) is 2.10. The quantitative estimate of drug-likeness (QED) is 0.663. The van der Waals surface area contributed by atoms with Crippen molar-refractivity contribution in [2.24, 2.45) is 11.3 Å². The summed E-state index contributed by atoms with van der Waals surface area (Å²) in [5.41, 5.74) is 0.208. The minimum atomic E-state index is -2.85. The van der Waals surface area contributed by atoms with E-state index in [1.54, 1.807) is 0 Å². The first kappa shape index (κ1) is 12.4. The molecule has 1 aliphatic heterocycles. The molecule has 0 N–H and O–H groups in total. The molecule has 0 radical (unpaired) electrons. The molecule has 0 aliphatic carbocycles. The first-order chi connectivity index (χ1) is 6.82. The lowest BCUT2D eigenvalue weighted by Gasteiger charge is -2.38. The summed E-state index contributed by atoms with van der Waals surface area (Å²) in [5.74, 6) is -0.485. The van der Waals surface area contributed by atoms with Crippen molar-refractivity contribution in [3.05, 3.63) is 0 Å². The van der Waals surface area contributed by atoms with E-state index in [4.69, 9.17) is 0 Å². The molecule has 0 aromatic heterocycles. The van der Waals surface area contributed by atoms with Gasteiger partial charge in [-0.25, -0.2) is 0 Å². The van der Waals surface area contributed by atoms with Crippen LogP contribution in [-0.2, 0) is 4.79 Å². The molecule has 0 unspecified atom stereocenters. The lowest BCUT2D eigenvalue weighted by atomic mass is 9.75. The summed E-state index contributed by atoms with van der Waals surface area (Å²) in [6.45, 7) is 7.42. The van der Waals surface area contributed by atoms with Crippen LogP contribution >= 0.6 is 0 Å². The van der Waals surface area contributed by atoms with Gasteiger partial charge < -0.3 is 4.90 Å². The Morgan fingerprint density at radius 3 is 2.07 bits per heavy atom. The van der Waals surface area contributed by atoms with Crippen molar-refractivity contribution in [1.29, 1.82) is 0 Å². The molecule has 0 bridgehead atoms. The number of carbonyl (C=O) groups is 1. The zero-order valence-corrected chi connectivity index (χ0v) is 9.59. The molecule has 0 aromatic rings. The summed E-state index contributed by atoms with van der Waals surface area (Å²) < 4.78 is 24.3. The topological polar surface area (TPSA) is 20.3 Å².